The molecule has 0 atom stereocenters. The van der Waals surface area contributed by atoms with E-state index in [0.29, 0.717) is 11.1 Å². The molecule has 0 radical (unpaired) electrons. The van der Waals surface area contributed by atoms with Crippen LogP contribution in [0.4, 0.5) is 0 Å². The highest BCUT2D eigenvalue weighted by atomic mass is 35.5. The third kappa shape index (κ3) is 3.70. The number of carbonyl (C=O) groups excluding carboxylic acids is 1. The summed E-state index contributed by atoms with van der Waals surface area (Å²) < 4.78 is 0. The summed E-state index contributed by atoms with van der Waals surface area (Å²) in [4.78, 5) is 22.8. The zero-order valence-electron chi connectivity index (χ0n) is 10.8. The largest absolute Gasteiger partial charge is 0.508 e. The molecule has 0 unspecified atom stereocenters. The van der Waals surface area contributed by atoms with Crippen LogP contribution in [0.3, 0.4) is 0 Å². The van der Waals surface area contributed by atoms with Gasteiger partial charge < -0.3 is 10.2 Å². The first-order valence-electron chi connectivity index (χ1n) is 6.01. The van der Waals surface area contributed by atoms with Crippen molar-refractivity contribution in [1.82, 2.24) is 0 Å². The summed E-state index contributed by atoms with van der Waals surface area (Å²) in [6.45, 7) is 0. The summed E-state index contributed by atoms with van der Waals surface area (Å²) >= 11 is 5.82. The maximum Gasteiger partial charge on any atom is 0.337 e. The van der Waals surface area contributed by atoms with Crippen molar-refractivity contribution in [3.63, 3.8) is 0 Å². The monoisotopic (exact) mass is 302 g/mol. The Morgan fingerprint density at radius 1 is 1.10 bits per heavy atom. The van der Waals surface area contributed by atoms with E-state index >= 15 is 0 Å². The quantitative estimate of drug-likeness (QED) is 0.668. The Balaban J connectivity index is 2.21. The van der Waals surface area contributed by atoms with Gasteiger partial charge in [0.15, 0.2) is 5.78 Å². The molecule has 106 valence electrons. The number of carboxylic acid groups (broad SMARTS) is 1. The summed E-state index contributed by atoms with van der Waals surface area (Å²) in [5.41, 5.74) is 0.920. The van der Waals surface area contributed by atoms with Gasteiger partial charge in [0.2, 0.25) is 0 Å². The number of halogens is 1. The molecular weight excluding hydrogens is 292 g/mol. The Hall–Kier alpha value is -2.59. The molecule has 0 aromatic heterocycles. The average molecular weight is 303 g/mol. The van der Waals surface area contributed by atoms with E-state index < -0.39 is 5.97 Å². The number of carbonyl (C=O) groups is 2. The van der Waals surface area contributed by atoms with Gasteiger partial charge in [-0.05, 0) is 35.9 Å². The number of aromatic hydroxyl groups is 1. The van der Waals surface area contributed by atoms with E-state index in [1.807, 2.05) is 0 Å². The number of phenols is 1. The number of allylic oxidation sites excluding steroid dienone is 1. The third-order valence-electron chi connectivity index (χ3n) is 2.78. The molecule has 2 N–H and O–H groups in total. The topological polar surface area (TPSA) is 74.6 Å². The van der Waals surface area contributed by atoms with E-state index in [1.54, 1.807) is 18.2 Å². The lowest BCUT2D eigenvalue weighted by Crippen LogP contribution is -2.00. The number of ketones is 1. The van der Waals surface area contributed by atoms with Crippen molar-refractivity contribution >= 4 is 29.4 Å². The molecule has 0 aliphatic rings. The Bertz CT molecular complexity index is 735. The smallest absolute Gasteiger partial charge is 0.337 e. The summed E-state index contributed by atoms with van der Waals surface area (Å²) in [6.07, 6.45) is 2.89. The molecular formula is C16H11ClO4. The van der Waals surface area contributed by atoms with Crippen molar-refractivity contribution in [2.75, 3.05) is 0 Å². The standard InChI is InChI=1S/C16H11ClO4/c17-14-9-11(5-6-13(14)16(20)21)15(19)7-4-10-2-1-3-12(18)8-10/h1-9,18H,(H,20,21)/b7-4+. The molecule has 2 aromatic carbocycles. The molecule has 2 rings (SSSR count). The first-order valence-corrected chi connectivity index (χ1v) is 6.39. The second-order valence-corrected chi connectivity index (χ2v) is 4.70. The van der Waals surface area contributed by atoms with E-state index in [9.17, 15) is 14.7 Å². The highest BCUT2D eigenvalue weighted by Gasteiger charge is 2.11. The third-order valence-corrected chi connectivity index (χ3v) is 3.09. The van der Waals surface area contributed by atoms with Crippen LogP contribution in [0.25, 0.3) is 6.08 Å². The molecule has 0 amide bonds. The molecule has 0 heterocycles. The van der Waals surface area contributed by atoms with E-state index in [1.165, 1.54) is 36.4 Å². The first kappa shape index (κ1) is 14.8. The normalized spacial score (nSPS) is 10.7. The van der Waals surface area contributed by atoms with Crippen LogP contribution in [0, 0.1) is 0 Å². The number of benzene rings is 2. The fourth-order valence-electron chi connectivity index (χ4n) is 1.74. The molecule has 0 fully saturated rings. The van der Waals surface area contributed by atoms with Crippen molar-refractivity contribution < 1.29 is 19.8 Å². The minimum absolute atomic E-state index is 0.0131. The Morgan fingerprint density at radius 2 is 1.86 bits per heavy atom. The number of hydrogen-bond acceptors (Lipinski definition) is 3. The van der Waals surface area contributed by atoms with Gasteiger partial charge in [0.1, 0.15) is 5.75 Å². The molecule has 0 bridgehead atoms. The summed E-state index contributed by atoms with van der Waals surface area (Å²) in [5, 5.41) is 18.2. The highest BCUT2D eigenvalue weighted by Crippen LogP contribution is 2.19. The molecule has 21 heavy (non-hydrogen) atoms. The molecule has 0 spiro atoms. The second kappa shape index (κ2) is 6.24. The Kier molecular flexibility index (Phi) is 4.40. The van der Waals surface area contributed by atoms with Gasteiger partial charge in [-0.25, -0.2) is 4.79 Å². The van der Waals surface area contributed by atoms with Crippen molar-refractivity contribution in [2.24, 2.45) is 0 Å². The van der Waals surface area contributed by atoms with Crippen LogP contribution in [0.15, 0.2) is 48.5 Å². The summed E-state index contributed by atoms with van der Waals surface area (Å²) in [5.74, 6) is -1.34. The zero-order chi connectivity index (χ0) is 15.4. The average Bonchev–Trinajstić information content (AvgIpc) is 2.44. The number of phenolic OH excluding ortho intramolecular Hbond substituents is 1. The van der Waals surface area contributed by atoms with Crippen LogP contribution in [-0.4, -0.2) is 22.0 Å². The predicted octanol–water partition coefficient (Wildman–Crippen LogP) is 3.64. The summed E-state index contributed by atoms with van der Waals surface area (Å²) in [6, 6.07) is 10.5. The van der Waals surface area contributed by atoms with Gasteiger partial charge in [-0.1, -0.05) is 35.9 Å². The molecule has 5 heteroatoms. The second-order valence-electron chi connectivity index (χ2n) is 4.29. The molecule has 0 saturated carbocycles. The van der Waals surface area contributed by atoms with Gasteiger partial charge in [0.05, 0.1) is 10.6 Å². The molecule has 4 nitrogen and oxygen atoms in total. The van der Waals surface area contributed by atoms with E-state index in [2.05, 4.69) is 0 Å². The zero-order valence-corrected chi connectivity index (χ0v) is 11.5. The van der Waals surface area contributed by atoms with Gasteiger partial charge in [-0.15, -0.1) is 0 Å². The highest BCUT2D eigenvalue weighted by molar-refractivity contribution is 6.34. The van der Waals surface area contributed by atoms with Crippen molar-refractivity contribution in [1.29, 1.82) is 0 Å². The molecule has 0 aliphatic carbocycles. The van der Waals surface area contributed by atoms with Crippen LogP contribution in [-0.2, 0) is 0 Å². The first-order chi connectivity index (χ1) is 9.97. The lowest BCUT2D eigenvalue weighted by molar-refractivity contribution is 0.0696. The molecule has 0 aliphatic heterocycles. The lowest BCUT2D eigenvalue weighted by atomic mass is 10.1. The molecule has 0 saturated heterocycles. The van der Waals surface area contributed by atoms with Gasteiger partial charge in [-0.3, -0.25) is 4.79 Å². The Labute approximate surface area is 125 Å². The van der Waals surface area contributed by atoms with Crippen molar-refractivity contribution in [2.45, 2.75) is 0 Å². The maximum absolute atomic E-state index is 12.0. The van der Waals surface area contributed by atoms with E-state index in [0.717, 1.165) is 0 Å². The van der Waals surface area contributed by atoms with Gasteiger partial charge in [-0.2, -0.15) is 0 Å². The number of rotatable bonds is 4. The van der Waals surface area contributed by atoms with Gasteiger partial charge in [0, 0.05) is 5.56 Å². The number of aromatic carboxylic acids is 1. The minimum Gasteiger partial charge on any atom is -0.508 e. The Morgan fingerprint density at radius 3 is 2.48 bits per heavy atom. The predicted molar refractivity (Wildman–Crippen MR) is 79.9 cm³/mol. The minimum atomic E-state index is -1.14. The van der Waals surface area contributed by atoms with E-state index in [4.69, 9.17) is 16.7 Å². The SMILES string of the molecule is O=C(/C=C/c1cccc(O)c1)c1ccc(C(=O)O)c(Cl)c1. The van der Waals surface area contributed by atoms with Gasteiger partial charge >= 0.3 is 5.97 Å². The summed E-state index contributed by atoms with van der Waals surface area (Å²) in [7, 11) is 0. The van der Waals surface area contributed by atoms with Crippen molar-refractivity contribution in [3.8, 4) is 5.75 Å². The lowest BCUT2D eigenvalue weighted by Gasteiger charge is -2.01. The van der Waals surface area contributed by atoms with Crippen LogP contribution in [0.5, 0.6) is 5.75 Å². The van der Waals surface area contributed by atoms with Gasteiger partial charge in [0.25, 0.3) is 0 Å². The van der Waals surface area contributed by atoms with Crippen LogP contribution in [0.2, 0.25) is 5.02 Å². The van der Waals surface area contributed by atoms with Crippen LogP contribution < -0.4 is 0 Å². The maximum atomic E-state index is 12.0. The van der Waals surface area contributed by atoms with Crippen molar-refractivity contribution in [3.05, 3.63) is 70.3 Å². The fraction of sp³-hybridized carbons (Fsp3) is 0. The van der Waals surface area contributed by atoms with Crippen LogP contribution in [0.1, 0.15) is 26.3 Å². The number of hydrogen-bond donors (Lipinski definition) is 2. The molecule has 2 aromatic rings. The van der Waals surface area contributed by atoms with E-state index in [-0.39, 0.29) is 22.1 Å². The number of carboxylic acids is 1. The fourth-order valence-corrected chi connectivity index (χ4v) is 2.00. The van der Waals surface area contributed by atoms with Crippen LogP contribution >= 0.6 is 11.6 Å².